The summed E-state index contributed by atoms with van der Waals surface area (Å²) < 4.78 is 19.0. The number of hydrogen-bond donors (Lipinski definition) is 2. The molecule has 0 saturated carbocycles. The highest BCUT2D eigenvalue weighted by Crippen LogP contribution is 2.26. The van der Waals surface area contributed by atoms with E-state index in [1.165, 1.54) is 24.1 Å². The molecule has 0 spiro atoms. The molecule has 3 rings (SSSR count). The van der Waals surface area contributed by atoms with Crippen LogP contribution in [-0.2, 0) is 4.79 Å². The molecule has 0 aliphatic carbocycles. The van der Waals surface area contributed by atoms with E-state index in [1.807, 2.05) is 0 Å². The third-order valence-corrected chi connectivity index (χ3v) is 4.30. The van der Waals surface area contributed by atoms with Crippen molar-refractivity contribution in [2.45, 2.75) is 18.9 Å². The standard InChI is InChI=1S/C19H20FN3O3/c1-26-17-11-5-4-9-15(17)22-19(25)23-12-6-10-16(23)18(24)21-14-8-3-2-7-13(14)20/h2-5,7-9,11,16H,6,10,12H2,1H3,(H,21,24)(H,22,25)/t16-/m1/s1. The van der Waals surface area contributed by atoms with E-state index in [0.717, 1.165) is 0 Å². The molecule has 1 heterocycles. The van der Waals surface area contributed by atoms with Crippen molar-refractivity contribution in [2.24, 2.45) is 0 Å². The summed E-state index contributed by atoms with van der Waals surface area (Å²) in [6.07, 6.45) is 1.23. The number of ether oxygens (including phenoxy) is 1. The Morgan fingerprint density at radius 3 is 2.50 bits per heavy atom. The van der Waals surface area contributed by atoms with Crippen LogP contribution in [0.5, 0.6) is 5.75 Å². The van der Waals surface area contributed by atoms with E-state index in [0.29, 0.717) is 30.8 Å². The van der Waals surface area contributed by atoms with Crippen LogP contribution in [0.2, 0.25) is 0 Å². The van der Waals surface area contributed by atoms with Crippen LogP contribution in [0.25, 0.3) is 0 Å². The molecule has 0 unspecified atom stereocenters. The van der Waals surface area contributed by atoms with Gasteiger partial charge in [0.25, 0.3) is 0 Å². The summed E-state index contributed by atoms with van der Waals surface area (Å²) in [4.78, 5) is 26.6. The van der Waals surface area contributed by atoms with Crippen LogP contribution in [0.1, 0.15) is 12.8 Å². The van der Waals surface area contributed by atoms with Gasteiger partial charge in [-0.15, -0.1) is 0 Å². The number of carbonyl (C=O) groups is 2. The van der Waals surface area contributed by atoms with Gasteiger partial charge in [0.1, 0.15) is 17.6 Å². The van der Waals surface area contributed by atoms with Crippen molar-refractivity contribution in [2.75, 3.05) is 24.3 Å². The Morgan fingerprint density at radius 1 is 1.08 bits per heavy atom. The lowest BCUT2D eigenvalue weighted by Crippen LogP contribution is -2.45. The highest BCUT2D eigenvalue weighted by atomic mass is 19.1. The molecule has 26 heavy (non-hydrogen) atoms. The van der Waals surface area contributed by atoms with Crippen molar-refractivity contribution < 1.29 is 18.7 Å². The molecule has 136 valence electrons. The molecule has 3 amide bonds. The first-order valence-electron chi connectivity index (χ1n) is 8.36. The fourth-order valence-corrected chi connectivity index (χ4v) is 3.00. The van der Waals surface area contributed by atoms with Crippen molar-refractivity contribution in [3.63, 3.8) is 0 Å². The van der Waals surface area contributed by atoms with Gasteiger partial charge in [0.05, 0.1) is 18.5 Å². The third-order valence-electron chi connectivity index (χ3n) is 4.30. The first kappa shape index (κ1) is 17.7. The van der Waals surface area contributed by atoms with E-state index in [4.69, 9.17) is 4.74 Å². The molecule has 0 radical (unpaired) electrons. The Labute approximate surface area is 150 Å². The van der Waals surface area contributed by atoms with Crippen molar-refractivity contribution in [1.29, 1.82) is 0 Å². The molecule has 1 aliphatic heterocycles. The molecule has 2 aromatic rings. The molecule has 0 aromatic heterocycles. The Bertz CT molecular complexity index is 812. The summed E-state index contributed by atoms with van der Waals surface area (Å²) in [7, 11) is 1.52. The number of nitrogens with zero attached hydrogens (tertiary/aromatic N) is 1. The predicted molar refractivity (Wildman–Crippen MR) is 96.8 cm³/mol. The number of benzene rings is 2. The second kappa shape index (κ2) is 7.86. The number of halogens is 1. The summed E-state index contributed by atoms with van der Waals surface area (Å²) in [6.45, 7) is 0.455. The van der Waals surface area contributed by atoms with E-state index >= 15 is 0 Å². The summed E-state index contributed by atoms with van der Waals surface area (Å²) >= 11 is 0. The molecular weight excluding hydrogens is 337 g/mol. The van der Waals surface area contributed by atoms with Crippen LogP contribution in [0, 0.1) is 5.82 Å². The van der Waals surface area contributed by atoms with Gasteiger partial charge >= 0.3 is 6.03 Å². The zero-order valence-corrected chi connectivity index (χ0v) is 14.4. The minimum Gasteiger partial charge on any atom is -0.495 e. The Morgan fingerprint density at radius 2 is 1.77 bits per heavy atom. The second-order valence-electron chi connectivity index (χ2n) is 5.95. The maximum atomic E-state index is 13.7. The zero-order chi connectivity index (χ0) is 18.5. The van der Waals surface area contributed by atoms with Gasteiger partial charge in [0.2, 0.25) is 5.91 Å². The largest absolute Gasteiger partial charge is 0.495 e. The maximum Gasteiger partial charge on any atom is 0.322 e. The number of amides is 3. The third kappa shape index (κ3) is 3.77. The summed E-state index contributed by atoms with van der Waals surface area (Å²) in [6, 6.07) is 12.0. The van der Waals surface area contributed by atoms with Crippen molar-refractivity contribution >= 4 is 23.3 Å². The maximum absolute atomic E-state index is 13.7. The number of nitrogens with one attached hydrogen (secondary N) is 2. The lowest BCUT2D eigenvalue weighted by Gasteiger charge is -2.24. The normalized spacial score (nSPS) is 16.2. The fraction of sp³-hybridized carbons (Fsp3) is 0.263. The van der Waals surface area contributed by atoms with E-state index in [2.05, 4.69) is 10.6 Å². The fourth-order valence-electron chi connectivity index (χ4n) is 3.00. The molecule has 1 aliphatic rings. The summed E-state index contributed by atoms with van der Waals surface area (Å²) in [5.41, 5.74) is 0.634. The molecule has 0 bridgehead atoms. The monoisotopic (exact) mass is 357 g/mol. The van der Waals surface area contributed by atoms with E-state index in [9.17, 15) is 14.0 Å². The smallest absolute Gasteiger partial charge is 0.322 e. The zero-order valence-electron chi connectivity index (χ0n) is 14.4. The van der Waals surface area contributed by atoms with Gasteiger partial charge in [0.15, 0.2) is 0 Å². The van der Waals surface area contributed by atoms with Crippen molar-refractivity contribution in [3.05, 3.63) is 54.3 Å². The van der Waals surface area contributed by atoms with Gasteiger partial charge in [0, 0.05) is 6.54 Å². The van der Waals surface area contributed by atoms with Crippen LogP contribution in [0.15, 0.2) is 48.5 Å². The van der Waals surface area contributed by atoms with E-state index in [1.54, 1.807) is 36.4 Å². The van der Waals surface area contributed by atoms with Crippen LogP contribution in [-0.4, -0.2) is 36.5 Å². The van der Waals surface area contributed by atoms with Crippen LogP contribution >= 0.6 is 0 Å². The van der Waals surface area contributed by atoms with Gasteiger partial charge in [-0.05, 0) is 37.1 Å². The van der Waals surface area contributed by atoms with Crippen molar-refractivity contribution in [1.82, 2.24) is 4.90 Å². The number of urea groups is 1. The van der Waals surface area contributed by atoms with Gasteiger partial charge in [-0.2, -0.15) is 0 Å². The molecule has 1 atom stereocenters. The molecule has 2 aromatic carbocycles. The highest BCUT2D eigenvalue weighted by molar-refractivity contribution is 6.00. The van der Waals surface area contributed by atoms with E-state index in [-0.39, 0.29) is 11.7 Å². The van der Waals surface area contributed by atoms with Crippen molar-refractivity contribution in [3.8, 4) is 5.75 Å². The Kier molecular flexibility index (Phi) is 5.36. The first-order valence-corrected chi connectivity index (χ1v) is 8.36. The Hall–Kier alpha value is -3.09. The average molecular weight is 357 g/mol. The number of para-hydroxylation sites is 3. The molecular formula is C19H20FN3O3. The lowest BCUT2D eigenvalue weighted by atomic mass is 10.2. The van der Waals surface area contributed by atoms with Gasteiger partial charge < -0.3 is 20.3 Å². The molecule has 7 heteroatoms. The molecule has 6 nitrogen and oxygen atoms in total. The number of hydrogen-bond acceptors (Lipinski definition) is 3. The van der Waals surface area contributed by atoms with Gasteiger partial charge in [-0.25, -0.2) is 9.18 Å². The van der Waals surface area contributed by atoms with Gasteiger partial charge in [-0.3, -0.25) is 4.79 Å². The minimum absolute atomic E-state index is 0.106. The van der Waals surface area contributed by atoms with Gasteiger partial charge in [-0.1, -0.05) is 24.3 Å². The number of rotatable bonds is 4. The number of carbonyl (C=O) groups excluding carboxylic acids is 2. The number of methoxy groups -OCH3 is 1. The molecule has 1 saturated heterocycles. The molecule has 1 fully saturated rings. The minimum atomic E-state index is -0.649. The average Bonchev–Trinajstić information content (AvgIpc) is 3.14. The summed E-state index contributed by atoms with van der Waals surface area (Å²) in [5.74, 6) is -0.376. The van der Waals surface area contributed by atoms with Crippen LogP contribution in [0.4, 0.5) is 20.6 Å². The van der Waals surface area contributed by atoms with E-state index < -0.39 is 17.8 Å². The Balaban J connectivity index is 1.70. The SMILES string of the molecule is COc1ccccc1NC(=O)N1CCC[C@@H]1C(=O)Nc1ccccc1F. The van der Waals surface area contributed by atoms with Crippen LogP contribution in [0.3, 0.4) is 0 Å². The predicted octanol–water partition coefficient (Wildman–Crippen LogP) is 3.47. The molecule has 2 N–H and O–H groups in total. The quantitative estimate of drug-likeness (QED) is 0.880. The first-order chi connectivity index (χ1) is 12.6. The number of anilines is 2. The topological polar surface area (TPSA) is 70.7 Å². The van der Waals surface area contributed by atoms with Crippen LogP contribution < -0.4 is 15.4 Å². The number of likely N-dealkylation sites (tertiary alicyclic amines) is 1. The summed E-state index contributed by atoms with van der Waals surface area (Å²) in [5, 5.41) is 5.33. The second-order valence-corrected chi connectivity index (χ2v) is 5.95. The highest BCUT2D eigenvalue weighted by Gasteiger charge is 2.34. The lowest BCUT2D eigenvalue weighted by molar-refractivity contribution is -0.119.